The van der Waals surface area contributed by atoms with Gasteiger partial charge in [-0.2, -0.15) is 0 Å². The molecular weight excluding hydrogens is 512 g/mol. The average molecular weight is 555 g/mol. The highest BCUT2D eigenvalue weighted by molar-refractivity contribution is 6.06. The smallest absolute Gasteiger partial charge is 0.253 e. The van der Waals surface area contributed by atoms with Crippen molar-refractivity contribution in [3.05, 3.63) is 81.0 Å². The Hall–Kier alpha value is -3.91. The lowest BCUT2D eigenvalue weighted by atomic mass is 9.95. The molecule has 4 heterocycles. The first-order valence-electron chi connectivity index (χ1n) is 14.8. The van der Waals surface area contributed by atoms with Crippen LogP contribution in [0.1, 0.15) is 59.4 Å². The van der Waals surface area contributed by atoms with Gasteiger partial charge in [0.2, 0.25) is 0 Å². The highest BCUT2D eigenvalue weighted by atomic mass is 16.1. The van der Waals surface area contributed by atoms with E-state index in [1.165, 1.54) is 0 Å². The molecule has 1 aliphatic heterocycles. The molecule has 0 spiro atoms. The van der Waals surface area contributed by atoms with Gasteiger partial charge in [-0.05, 0) is 80.8 Å². The molecule has 1 aromatic carbocycles. The Bertz CT molecular complexity index is 1590. The molecular formula is C33H42N6O2. The Morgan fingerprint density at radius 1 is 1.05 bits per heavy atom. The molecule has 1 amide bonds. The second-order valence-corrected chi connectivity index (χ2v) is 11.3. The third kappa shape index (κ3) is 5.93. The van der Waals surface area contributed by atoms with Crippen LogP contribution in [0.5, 0.6) is 0 Å². The maximum Gasteiger partial charge on any atom is 0.253 e. The van der Waals surface area contributed by atoms with Gasteiger partial charge in [0.15, 0.2) is 0 Å². The number of anilines is 1. The van der Waals surface area contributed by atoms with Gasteiger partial charge >= 0.3 is 0 Å². The lowest BCUT2D eigenvalue weighted by molar-refractivity contribution is 0.0950. The number of pyridine rings is 2. The van der Waals surface area contributed by atoms with Crippen molar-refractivity contribution in [2.45, 2.75) is 60.0 Å². The van der Waals surface area contributed by atoms with E-state index in [1.807, 2.05) is 32.2 Å². The van der Waals surface area contributed by atoms with Crippen molar-refractivity contribution in [3.8, 4) is 11.1 Å². The summed E-state index contributed by atoms with van der Waals surface area (Å²) in [5.74, 6) is 0.803. The Morgan fingerprint density at radius 2 is 1.83 bits per heavy atom. The summed E-state index contributed by atoms with van der Waals surface area (Å²) in [4.78, 5) is 38.9. The highest BCUT2D eigenvalue weighted by Gasteiger charge is 2.21. The van der Waals surface area contributed by atoms with Crippen molar-refractivity contribution in [2.24, 2.45) is 0 Å². The zero-order valence-electron chi connectivity index (χ0n) is 25.0. The first-order chi connectivity index (χ1) is 19.8. The number of aryl methyl sites for hydroxylation is 4. The molecule has 0 radical (unpaired) electrons. The maximum absolute atomic E-state index is 13.7. The van der Waals surface area contributed by atoms with Crippen LogP contribution in [0.25, 0.3) is 22.0 Å². The second-order valence-electron chi connectivity index (χ2n) is 11.3. The minimum atomic E-state index is -0.181. The number of hydrogen-bond donors (Lipinski definition) is 2. The molecule has 0 unspecified atom stereocenters. The molecule has 0 saturated carbocycles. The molecule has 4 aromatic rings. The number of nitrogens with one attached hydrogen (secondary N) is 2. The third-order valence-corrected chi connectivity index (χ3v) is 8.21. The normalized spacial score (nSPS) is 14.1. The number of aromatic amines is 1. The first kappa shape index (κ1) is 28.6. The van der Waals surface area contributed by atoms with Crippen LogP contribution in [0.4, 0.5) is 5.82 Å². The fourth-order valence-corrected chi connectivity index (χ4v) is 5.97. The Morgan fingerprint density at radius 3 is 2.51 bits per heavy atom. The number of rotatable bonds is 9. The van der Waals surface area contributed by atoms with Crippen LogP contribution in [-0.4, -0.2) is 58.6 Å². The van der Waals surface area contributed by atoms with Gasteiger partial charge in [0.25, 0.3) is 11.5 Å². The highest BCUT2D eigenvalue weighted by Crippen LogP contribution is 2.34. The lowest BCUT2D eigenvalue weighted by Gasteiger charge is -2.33. The summed E-state index contributed by atoms with van der Waals surface area (Å²) in [5.41, 5.74) is 6.92. The number of carbonyl (C=O) groups is 1. The number of hydrogen-bond acceptors (Lipinski definition) is 5. The molecule has 41 heavy (non-hydrogen) atoms. The maximum atomic E-state index is 13.7. The summed E-state index contributed by atoms with van der Waals surface area (Å²) >= 11 is 0. The van der Waals surface area contributed by atoms with Gasteiger partial charge in [-0.3, -0.25) is 9.59 Å². The van der Waals surface area contributed by atoms with Crippen molar-refractivity contribution in [2.75, 3.05) is 38.1 Å². The zero-order valence-corrected chi connectivity index (χ0v) is 25.0. The van der Waals surface area contributed by atoms with Gasteiger partial charge in [-0.1, -0.05) is 20.3 Å². The van der Waals surface area contributed by atoms with Gasteiger partial charge < -0.3 is 24.7 Å². The number of H-pyrrole nitrogens is 1. The SMILES string of the molecule is CCCc1cc(C)[nH]c(=O)c1CNC(=O)c1cc(-c2ccc(N3CCN(C)CC3)nc2)c2ccn(CCC)c2c1C. The first-order valence-corrected chi connectivity index (χ1v) is 14.8. The minimum Gasteiger partial charge on any atom is -0.354 e. The standard InChI is InChI=1S/C33H42N6O2/c1-6-8-24-18-22(3)36-33(41)29(24)21-35-32(40)27-19-28(26-11-13-39(12-7-2)31(26)23(27)4)25-9-10-30(34-20-25)38-16-14-37(5)15-17-38/h9-11,13,18-20H,6-8,12,14-17,21H2,1-5H3,(H,35,40)(H,36,41). The zero-order chi connectivity index (χ0) is 29.1. The fourth-order valence-electron chi connectivity index (χ4n) is 5.97. The van der Waals surface area contributed by atoms with Gasteiger partial charge in [-0.25, -0.2) is 4.98 Å². The Balaban J connectivity index is 1.50. The Labute approximate surface area is 242 Å². The molecule has 2 N–H and O–H groups in total. The van der Waals surface area contributed by atoms with Crippen molar-refractivity contribution in [1.29, 1.82) is 0 Å². The minimum absolute atomic E-state index is 0.134. The van der Waals surface area contributed by atoms with Gasteiger partial charge in [0, 0.05) is 79.4 Å². The predicted octanol–water partition coefficient (Wildman–Crippen LogP) is 5.05. The number of benzene rings is 1. The lowest BCUT2D eigenvalue weighted by Crippen LogP contribution is -2.44. The number of fused-ring (bicyclic) bond motifs is 1. The van der Waals surface area contributed by atoms with Crippen molar-refractivity contribution >= 4 is 22.6 Å². The number of carbonyl (C=O) groups excluding carboxylic acids is 1. The molecule has 216 valence electrons. The number of aromatic nitrogens is 3. The van der Waals surface area contributed by atoms with Gasteiger partial charge in [0.1, 0.15) is 5.82 Å². The Kier molecular flexibility index (Phi) is 8.59. The number of likely N-dealkylation sites (N-methyl/N-ethyl adjacent to an activating group) is 1. The molecule has 8 heteroatoms. The average Bonchev–Trinajstić information content (AvgIpc) is 3.38. The molecule has 0 bridgehead atoms. The van der Waals surface area contributed by atoms with Crippen LogP contribution in [0.15, 0.2) is 47.5 Å². The van der Waals surface area contributed by atoms with Crippen LogP contribution >= 0.6 is 0 Å². The van der Waals surface area contributed by atoms with Crippen LogP contribution < -0.4 is 15.8 Å². The summed E-state index contributed by atoms with van der Waals surface area (Å²) in [6.45, 7) is 13.2. The predicted molar refractivity (Wildman–Crippen MR) is 167 cm³/mol. The van der Waals surface area contributed by atoms with E-state index < -0.39 is 0 Å². The van der Waals surface area contributed by atoms with Gasteiger partial charge in [-0.15, -0.1) is 0 Å². The van der Waals surface area contributed by atoms with E-state index >= 15 is 0 Å². The van der Waals surface area contributed by atoms with Gasteiger partial charge in [0.05, 0.1) is 5.52 Å². The van der Waals surface area contributed by atoms with Crippen LogP contribution in [0.2, 0.25) is 0 Å². The van der Waals surface area contributed by atoms with Crippen LogP contribution in [0, 0.1) is 13.8 Å². The number of nitrogens with zero attached hydrogens (tertiary/aromatic N) is 4. The quantitative estimate of drug-likeness (QED) is 0.302. The summed E-state index contributed by atoms with van der Waals surface area (Å²) < 4.78 is 2.24. The number of piperazine rings is 1. The number of amides is 1. The molecule has 5 rings (SSSR count). The summed E-state index contributed by atoms with van der Waals surface area (Å²) in [7, 11) is 2.15. The summed E-state index contributed by atoms with van der Waals surface area (Å²) in [6, 6.07) is 10.4. The van der Waals surface area contributed by atoms with Crippen molar-refractivity contribution in [3.63, 3.8) is 0 Å². The monoisotopic (exact) mass is 554 g/mol. The molecule has 1 aliphatic rings. The molecule has 8 nitrogen and oxygen atoms in total. The summed E-state index contributed by atoms with van der Waals surface area (Å²) in [6.07, 6.45) is 6.76. The summed E-state index contributed by atoms with van der Waals surface area (Å²) in [5, 5.41) is 4.18. The van der Waals surface area contributed by atoms with Crippen LogP contribution in [0.3, 0.4) is 0 Å². The van der Waals surface area contributed by atoms with E-state index in [2.05, 4.69) is 70.0 Å². The van der Waals surface area contributed by atoms with E-state index in [-0.39, 0.29) is 18.0 Å². The van der Waals surface area contributed by atoms with E-state index in [0.29, 0.717) is 11.1 Å². The van der Waals surface area contributed by atoms with Crippen LogP contribution in [-0.2, 0) is 19.5 Å². The molecule has 1 fully saturated rings. The van der Waals surface area contributed by atoms with E-state index in [0.717, 1.165) is 96.7 Å². The van der Waals surface area contributed by atoms with E-state index in [4.69, 9.17) is 4.98 Å². The van der Waals surface area contributed by atoms with Crippen molar-refractivity contribution in [1.82, 2.24) is 24.8 Å². The molecule has 1 saturated heterocycles. The topological polar surface area (TPSA) is 86.3 Å². The van der Waals surface area contributed by atoms with E-state index in [1.54, 1.807) is 0 Å². The fraction of sp³-hybridized carbons (Fsp3) is 0.424. The largest absolute Gasteiger partial charge is 0.354 e. The molecule has 0 atom stereocenters. The second kappa shape index (κ2) is 12.3. The third-order valence-electron chi connectivity index (χ3n) is 8.21. The van der Waals surface area contributed by atoms with Crippen molar-refractivity contribution < 1.29 is 4.79 Å². The van der Waals surface area contributed by atoms with E-state index in [9.17, 15) is 9.59 Å². The molecule has 0 aliphatic carbocycles. The molecule has 3 aromatic heterocycles.